The number of oxime groups is 1. The third kappa shape index (κ3) is 1.69. The number of aromatic nitrogens is 4. The van der Waals surface area contributed by atoms with Crippen molar-refractivity contribution < 1.29 is 5.21 Å². The first-order valence-electron chi connectivity index (χ1n) is 4.32. The van der Waals surface area contributed by atoms with E-state index in [2.05, 4.69) is 20.7 Å². The number of aryl methyl sites for hydroxylation is 1. The van der Waals surface area contributed by atoms with Crippen LogP contribution >= 0.6 is 0 Å². The molecule has 76 valence electrons. The van der Waals surface area contributed by atoms with E-state index in [0.29, 0.717) is 5.82 Å². The Morgan fingerprint density at radius 1 is 1.40 bits per heavy atom. The molecule has 6 heteroatoms. The minimum atomic E-state index is 0.630. The summed E-state index contributed by atoms with van der Waals surface area (Å²) in [6, 6.07) is 7.41. The molecule has 2 rings (SSSR count). The Balaban J connectivity index is 2.57. The van der Waals surface area contributed by atoms with Gasteiger partial charge < -0.3 is 5.21 Å². The summed E-state index contributed by atoms with van der Waals surface area (Å²) in [5.74, 6) is 0.630. The Hall–Kier alpha value is -2.24. The molecule has 1 heterocycles. The van der Waals surface area contributed by atoms with E-state index in [0.717, 1.165) is 11.1 Å². The number of nitrogens with zero attached hydrogens (tertiary/aromatic N) is 5. The summed E-state index contributed by atoms with van der Waals surface area (Å²) in [5, 5.41) is 22.7. The molecule has 0 aliphatic heterocycles. The fraction of sp³-hybridized carbons (Fsp3) is 0.111. The molecular formula is C9H9N5O. The predicted octanol–water partition coefficient (Wildman–Crippen LogP) is 0.685. The molecule has 0 aliphatic carbocycles. The molecule has 0 saturated carbocycles. The highest BCUT2D eigenvalue weighted by atomic mass is 16.4. The molecule has 2 aromatic rings. The molecule has 0 unspecified atom stereocenters. The predicted molar refractivity (Wildman–Crippen MR) is 53.6 cm³/mol. The lowest BCUT2D eigenvalue weighted by molar-refractivity contribution is 0.322. The van der Waals surface area contributed by atoms with Gasteiger partial charge in [-0.3, -0.25) is 0 Å². The van der Waals surface area contributed by atoms with Crippen LogP contribution in [0.25, 0.3) is 11.4 Å². The highest BCUT2D eigenvalue weighted by molar-refractivity contribution is 5.88. The van der Waals surface area contributed by atoms with E-state index in [1.165, 1.54) is 6.21 Å². The quantitative estimate of drug-likeness (QED) is 0.442. The van der Waals surface area contributed by atoms with Gasteiger partial charge >= 0.3 is 0 Å². The molecule has 1 aromatic heterocycles. The van der Waals surface area contributed by atoms with Crippen molar-refractivity contribution in [3.63, 3.8) is 0 Å². The lowest BCUT2D eigenvalue weighted by atomic mass is 10.1. The Morgan fingerprint density at radius 3 is 2.87 bits per heavy atom. The number of hydrogen-bond acceptors (Lipinski definition) is 5. The van der Waals surface area contributed by atoms with Crippen LogP contribution in [-0.2, 0) is 7.05 Å². The molecule has 0 aliphatic rings. The zero-order chi connectivity index (χ0) is 10.7. The summed E-state index contributed by atoms with van der Waals surface area (Å²) in [6.07, 6.45) is 1.35. The van der Waals surface area contributed by atoms with Gasteiger partial charge in [-0.2, -0.15) is 0 Å². The molecule has 1 aromatic carbocycles. The molecule has 0 radical (unpaired) electrons. The molecule has 15 heavy (non-hydrogen) atoms. The van der Waals surface area contributed by atoms with Crippen molar-refractivity contribution in [2.45, 2.75) is 0 Å². The monoisotopic (exact) mass is 203 g/mol. The average molecular weight is 203 g/mol. The lowest BCUT2D eigenvalue weighted by Gasteiger charge is -2.02. The second-order valence-corrected chi connectivity index (χ2v) is 2.96. The maximum atomic E-state index is 8.52. The Morgan fingerprint density at radius 2 is 2.20 bits per heavy atom. The summed E-state index contributed by atoms with van der Waals surface area (Å²) >= 11 is 0. The van der Waals surface area contributed by atoms with Crippen LogP contribution < -0.4 is 0 Å². The van der Waals surface area contributed by atoms with Gasteiger partial charge in [-0.25, -0.2) is 4.68 Å². The highest BCUT2D eigenvalue weighted by Gasteiger charge is 2.08. The molecule has 6 nitrogen and oxygen atoms in total. The lowest BCUT2D eigenvalue weighted by Crippen LogP contribution is -1.97. The first-order valence-corrected chi connectivity index (χ1v) is 4.32. The molecule has 0 fully saturated rings. The van der Waals surface area contributed by atoms with E-state index in [9.17, 15) is 0 Å². The normalized spacial score (nSPS) is 11.0. The maximum Gasteiger partial charge on any atom is 0.182 e. The number of benzene rings is 1. The average Bonchev–Trinajstić information content (AvgIpc) is 2.66. The maximum absolute atomic E-state index is 8.52. The first-order chi connectivity index (χ1) is 7.33. The molecular weight excluding hydrogens is 194 g/mol. The Bertz CT molecular complexity index is 491. The summed E-state index contributed by atoms with van der Waals surface area (Å²) < 4.78 is 1.56. The number of rotatable bonds is 2. The molecule has 0 spiro atoms. The van der Waals surface area contributed by atoms with Gasteiger partial charge in [-0.05, 0) is 10.4 Å². The van der Waals surface area contributed by atoms with Crippen LogP contribution in [-0.4, -0.2) is 31.6 Å². The summed E-state index contributed by atoms with van der Waals surface area (Å²) in [7, 11) is 1.75. The first kappa shape index (κ1) is 9.32. The molecule has 0 saturated heterocycles. The van der Waals surface area contributed by atoms with Crippen molar-refractivity contribution in [1.82, 2.24) is 20.2 Å². The van der Waals surface area contributed by atoms with E-state index in [-0.39, 0.29) is 0 Å². The van der Waals surface area contributed by atoms with Crippen molar-refractivity contribution in [2.24, 2.45) is 12.2 Å². The van der Waals surface area contributed by atoms with Crippen LogP contribution in [0.4, 0.5) is 0 Å². The largest absolute Gasteiger partial charge is 0.411 e. The third-order valence-corrected chi connectivity index (χ3v) is 2.02. The van der Waals surface area contributed by atoms with Crippen molar-refractivity contribution in [1.29, 1.82) is 0 Å². The minimum absolute atomic E-state index is 0.630. The molecule has 1 N–H and O–H groups in total. The number of hydrogen-bond donors (Lipinski definition) is 1. The summed E-state index contributed by atoms with van der Waals surface area (Å²) in [4.78, 5) is 0. The Labute approximate surface area is 85.8 Å². The summed E-state index contributed by atoms with van der Waals surface area (Å²) in [6.45, 7) is 0. The van der Waals surface area contributed by atoms with Crippen LogP contribution in [0, 0.1) is 0 Å². The van der Waals surface area contributed by atoms with E-state index < -0.39 is 0 Å². The van der Waals surface area contributed by atoms with Gasteiger partial charge in [-0.1, -0.05) is 29.4 Å². The third-order valence-electron chi connectivity index (χ3n) is 2.02. The molecule has 0 bridgehead atoms. The van der Waals surface area contributed by atoms with Gasteiger partial charge in [0, 0.05) is 18.2 Å². The van der Waals surface area contributed by atoms with Gasteiger partial charge in [0.25, 0.3) is 0 Å². The fourth-order valence-electron chi connectivity index (χ4n) is 1.33. The van der Waals surface area contributed by atoms with Gasteiger partial charge in [0.1, 0.15) is 0 Å². The van der Waals surface area contributed by atoms with Gasteiger partial charge in [0.05, 0.1) is 6.21 Å². The van der Waals surface area contributed by atoms with Crippen molar-refractivity contribution >= 4 is 6.21 Å². The standard InChI is InChI=1S/C9H9N5O/c1-14-9(11-12-13-14)8-5-3-2-4-7(8)6-10-15/h2-6,15H,1H3. The fourth-order valence-corrected chi connectivity index (χ4v) is 1.33. The van der Waals surface area contributed by atoms with Crippen LogP contribution in [0.1, 0.15) is 5.56 Å². The molecule has 0 amide bonds. The molecule has 0 atom stereocenters. The van der Waals surface area contributed by atoms with Crippen molar-refractivity contribution in [2.75, 3.05) is 0 Å². The smallest absolute Gasteiger partial charge is 0.182 e. The van der Waals surface area contributed by atoms with Crippen LogP contribution in [0.5, 0.6) is 0 Å². The van der Waals surface area contributed by atoms with Crippen molar-refractivity contribution in [3.8, 4) is 11.4 Å². The van der Waals surface area contributed by atoms with Crippen molar-refractivity contribution in [3.05, 3.63) is 29.8 Å². The highest BCUT2D eigenvalue weighted by Crippen LogP contribution is 2.18. The second kappa shape index (κ2) is 3.87. The van der Waals surface area contributed by atoms with E-state index in [4.69, 9.17) is 5.21 Å². The van der Waals surface area contributed by atoms with Crippen LogP contribution in [0.2, 0.25) is 0 Å². The van der Waals surface area contributed by atoms with Gasteiger partial charge in [0.2, 0.25) is 0 Å². The van der Waals surface area contributed by atoms with Crippen LogP contribution in [0.15, 0.2) is 29.4 Å². The van der Waals surface area contributed by atoms with Crippen LogP contribution in [0.3, 0.4) is 0 Å². The van der Waals surface area contributed by atoms with Gasteiger partial charge in [-0.15, -0.1) is 5.10 Å². The Kier molecular flexibility index (Phi) is 2.40. The van der Waals surface area contributed by atoms with E-state index in [1.54, 1.807) is 11.7 Å². The SMILES string of the molecule is Cn1nnnc1-c1ccccc1C=NO. The second-order valence-electron chi connectivity index (χ2n) is 2.96. The zero-order valence-corrected chi connectivity index (χ0v) is 8.07. The number of tetrazole rings is 1. The summed E-state index contributed by atoms with van der Waals surface area (Å²) in [5.41, 5.74) is 1.58. The van der Waals surface area contributed by atoms with Gasteiger partial charge in [0.15, 0.2) is 5.82 Å². The van der Waals surface area contributed by atoms with E-state index >= 15 is 0 Å². The van der Waals surface area contributed by atoms with E-state index in [1.807, 2.05) is 24.3 Å². The topological polar surface area (TPSA) is 76.2 Å². The zero-order valence-electron chi connectivity index (χ0n) is 8.07. The minimum Gasteiger partial charge on any atom is -0.411 e.